The minimum Gasteiger partial charge on any atom is -0.345 e. The number of anilines is 1. The van der Waals surface area contributed by atoms with E-state index in [4.69, 9.17) is 0 Å². The topological polar surface area (TPSA) is 168 Å². The number of imide groups is 1. The van der Waals surface area contributed by atoms with Crippen LogP contribution in [0.4, 0.5) is 11.4 Å². The predicted octanol–water partition coefficient (Wildman–Crippen LogP) is 0.526. The number of amides is 5. The average molecular weight is 481 g/mol. The van der Waals surface area contributed by atoms with E-state index in [-0.39, 0.29) is 24.9 Å². The molecule has 3 rings (SSSR count). The monoisotopic (exact) mass is 481 g/mol. The highest BCUT2D eigenvalue weighted by Gasteiger charge is 2.30. The number of nitrogens with one attached hydrogen (secondary N) is 3. The standard InChI is InChI=1S/C23H23N5O7/c29-19(13-24-20(30)14-27-21(31)10-11-22(27)32)26-18(12-15-4-2-1-3-5-15)23(33)25-16-6-8-17(9-7-16)28(34)35/h1-9,18H,10-14H2,(H,24,30)(H,25,33)(H,26,29)/t18-/m0/s1. The van der Waals surface area contributed by atoms with Crippen molar-refractivity contribution in [1.29, 1.82) is 0 Å². The van der Waals surface area contributed by atoms with Crippen molar-refractivity contribution in [3.05, 3.63) is 70.3 Å². The molecular weight excluding hydrogens is 458 g/mol. The van der Waals surface area contributed by atoms with Crippen LogP contribution in [0.25, 0.3) is 0 Å². The van der Waals surface area contributed by atoms with E-state index in [1.165, 1.54) is 24.3 Å². The number of carbonyl (C=O) groups excluding carboxylic acids is 5. The van der Waals surface area contributed by atoms with Crippen molar-refractivity contribution in [2.75, 3.05) is 18.4 Å². The van der Waals surface area contributed by atoms with Crippen LogP contribution < -0.4 is 16.0 Å². The van der Waals surface area contributed by atoms with E-state index in [0.717, 1.165) is 10.5 Å². The highest BCUT2D eigenvalue weighted by molar-refractivity contribution is 6.04. The van der Waals surface area contributed by atoms with Crippen molar-refractivity contribution in [2.45, 2.75) is 25.3 Å². The maximum Gasteiger partial charge on any atom is 0.269 e. The molecule has 0 saturated carbocycles. The number of nitro groups is 1. The fourth-order valence-corrected chi connectivity index (χ4v) is 3.38. The Labute approximate surface area is 199 Å². The molecule has 0 aliphatic carbocycles. The van der Waals surface area contributed by atoms with Crippen molar-refractivity contribution in [3.8, 4) is 0 Å². The van der Waals surface area contributed by atoms with Gasteiger partial charge in [-0.2, -0.15) is 0 Å². The van der Waals surface area contributed by atoms with Gasteiger partial charge < -0.3 is 16.0 Å². The number of benzene rings is 2. The second-order valence-corrected chi connectivity index (χ2v) is 7.75. The van der Waals surface area contributed by atoms with E-state index in [1.54, 1.807) is 30.3 Å². The van der Waals surface area contributed by atoms with Crippen LogP contribution in [0.3, 0.4) is 0 Å². The summed E-state index contributed by atoms with van der Waals surface area (Å²) < 4.78 is 0. The molecule has 2 aromatic rings. The van der Waals surface area contributed by atoms with Crippen LogP contribution in [0.5, 0.6) is 0 Å². The lowest BCUT2D eigenvalue weighted by molar-refractivity contribution is -0.384. The van der Waals surface area contributed by atoms with Gasteiger partial charge in [0.1, 0.15) is 12.6 Å². The first-order valence-corrected chi connectivity index (χ1v) is 10.7. The predicted molar refractivity (Wildman–Crippen MR) is 123 cm³/mol. The molecule has 0 spiro atoms. The van der Waals surface area contributed by atoms with Crippen LogP contribution >= 0.6 is 0 Å². The Hall–Kier alpha value is -4.61. The summed E-state index contributed by atoms with van der Waals surface area (Å²) in [7, 11) is 0. The quantitative estimate of drug-likeness (QED) is 0.253. The highest BCUT2D eigenvalue weighted by atomic mass is 16.6. The second kappa shape index (κ2) is 11.5. The first-order chi connectivity index (χ1) is 16.7. The molecule has 182 valence electrons. The van der Waals surface area contributed by atoms with Crippen molar-refractivity contribution >= 4 is 40.9 Å². The Balaban J connectivity index is 1.60. The zero-order valence-electron chi connectivity index (χ0n) is 18.6. The van der Waals surface area contributed by atoms with Gasteiger partial charge in [0.05, 0.1) is 11.5 Å². The van der Waals surface area contributed by atoms with E-state index >= 15 is 0 Å². The maximum atomic E-state index is 12.9. The number of hydrogen-bond acceptors (Lipinski definition) is 7. The van der Waals surface area contributed by atoms with Crippen LogP contribution in [-0.2, 0) is 30.4 Å². The fourth-order valence-electron chi connectivity index (χ4n) is 3.38. The molecule has 3 N–H and O–H groups in total. The van der Waals surface area contributed by atoms with E-state index in [9.17, 15) is 34.1 Å². The average Bonchev–Trinajstić information content (AvgIpc) is 3.15. The van der Waals surface area contributed by atoms with Crippen LogP contribution in [0.1, 0.15) is 18.4 Å². The van der Waals surface area contributed by atoms with Gasteiger partial charge in [0.15, 0.2) is 0 Å². The number of likely N-dealkylation sites (tertiary alicyclic amines) is 1. The molecular formula is C23H23N5O7. The Bertz CT molecular complexity index is 1120. The molecule has 0 aromatic heterocycles. The summed E-state index contributed by atoms with van der Waals surface area (Å²) >= 11 is 0. The lowest BCUT2D eigenvalue weighted by Gasteiger charge is -2.19. The third-order valence-electron chi connectivity index (χ3n) is 5.18. The van der Waals surface area contributed by atoms with E-state index in [0.29, 0.717) is 5.69 Å². The normalized spacial score (nSPS) is 13.8. The fraction of sp³-hybridized carbons (Fsp3) is 0.261. The number of carbonyl (C=O) groups is 5. The SMILES string of the molecule is O=C(CN1C(=O)CCC1=O)NCC(=O)N[C@@H](Cc1ccccc1)C(=O)Nc1ccc([N+](=O)[O-])cc1. The molecule has 5 amide bonds. The summed E-state index contributed by atoms with van der Waals surface area (Å²) in [5.74, 6) is -2.78. The first kappa shape index (κ1) is 25.0. The number of non-ortho nitro benzene ring substituents is 1. The molecule has 0 unspecified atom stereocenters. The molecule has 35 heavy (non-hydrogen) atoms. The molecule has 1 aliphatic rings. The van der Waals surface area contributed by atoms with Crippen LogP contribution in [0.15, 0.2) is 54.6 Å². The molecule has 2 aromatic carbocycles. The van der Waals surface area contributed by atoms with E-state index < -0.39 is 53.6 Å². The lowest BCUT2D eigenvalue weighted by Crippen LogP contribution is -2.49. The highest BCUT2D eigenvalue weighted by Crippen LogP contribution is 2.16. The van der Waals surface area contributed by atoms with Gasteiger partial charge in [-0.15, -0.1) is 0 Å². The molecule has 1 fully saturated rings. The van der Waals surface area contributed by atoms with Crippen molar-refractivity contribution in [1.82, 2.24) is 15.5 Å². The van der Waals surface area contributed by atoms with Gasteiger partial charge in [0.25, 0.3) is 5.69 Å². The number of nitro benzene ring substituents is 1. The third kappa shape index (κ3) is 7.19. The summed E-state index contributed by atoms with van der Waals surface area (Å²) in [6.45, 7) is -0.940. The van der Waals surface area contributed by atoms with Gasteiger partial charge in [-0.05, 0) is 17.7 Å². The Kier molecular flexibility index (Phi) is 8.22. The van der Waals surface area contributed by atoms with Crippen LogP contribution in [-0.4, -0.2) is 58.5 Å². The Morgan fingerprint density at radius 2 is 1.57 bits per heavy atom. The van der Waals surface area contributed by atoms with Gasteiger partial charge in [-0.3, -0.25) is 39.0 Å². The zero-order chi connectivity index (χ0) is 25.4. The maximum absolute atomic E-state index is 12.9. The van der Waals surface area contributed by atoms with Gasteiger partial charge in [-0.25, -0.2) is 0 Å². The molecule has 12 heteroatoms. The Morgan fingerprint density at radius 3 is 2.17 bits per heavy atom. The molecule has 1 atom stereocenters. The minimum absolute atomic E-state index is 0.0532. The lowest BCUT2D eigenvalue weighted by atomic mass is 10.0. The van der Waals surface area contributed by atoms with Gasteiger partial charge in [0, 0.05) is 37.1 Å². The molecule has 12 nitrogen and oxygen atoms in total. The van der Waals surface area contributed by atoms with Crippen LogP contribution in [0.2, 0.25) is 0 Å². The third-order valence-corrected chi connectivity index (χ3v) is 5.18. The summed E-state index contributed by atoms with van der Waals surface area (Å²) in [4.78, 5) is 71.7. The van der Waals surface area contributed by atoms with Crippen molar-refractivity contribution in [2.24, 2.45) is 0 Å². The second-order valence-electron chi connectivity index (χ2n) is 7.75. The van der Waals surface area contributed by atoms with Gasteiger partial charge in [-0.1, -0.05) is 30.3 Å². The van der Waals surface area contributed by atoms with E-state index in [1.807, 2.05) is 0 Å². The number of nitrogens with zero attached hydrogens (tertiary/aromatic N) is 2. The first-order valence-electron chi connectivity index (χ1n) is 10.7. The zero-order valence-corrected chi connectivity index (χ0v) is 18.6. The van der Waals surface area contributed by atoms with Crippen molar-refractivity contribution in [3.63, 3.8) is 0 Å². The summed E-state index contributed by atoms with van der Waals surface area (Å²) in [6, 6.07) is 13.1. The molecule has 1 heterocycles. The minimum atomic E-state index is -1.02. The largest absolute Gasteiger partial charge is 0.345 e. The summed E-state index contributed by atoms with van der Waals surface area (Å²) in [5, 5.41) is 18.3. The smallest absolute Gasteiger partial charge is 0.269 e. The van der Waals surface area contributed by atoms with Crippen LogP contribution in [0, 0.1) is 10.1 Å². The number of hydrogen-bond donors (Lipinski definition) is 3. The number of rotatable bonds is 10. The molecule has 1 aliphatic heterocycles. The Morgan fingerprint density at radius 1 is 0.943 bits per heavy atom. The van der Waals surface area contributed by atoms with Gasteiger partial charge >= 0.3 is 0 Å². The molecule has 0 bridgehead atoms. The van der Waals surface area contributed by atoms with E-state index in [2.05, 4.69) is 16.0 Å². The van der Waals surface area contributed by atoms with Crippen molar-refractivity contribution < 1.29 is 28.9 Å². The summed E-state index contributed by atoms with van der Waals surface area (Å²) in [5.41, 5.74) is 0.943. The molecule has 0 radical (unpaired) electrons. The molecule has 1 saturated heterocycles. The van der Waals surface area contributed by atoms with Gasteiger partial charge in [0.2, 0.25) is 29.5 Å². The summed E-state index contributed by atoms with van der Waals surface area (Å²) in [6.07, 6.45) is 0.255.